The van der Waals surface area contributed by atoms with Gasteiger partial charge in [0, 0.05) is 5.92 Å². The highest BCUT2D eigenvalue weighted by molar-refractivity contribution is 7.89. The monoisotopic (exact) mass is 326 g/mol. The zero-order chi connectivity index (χ0) is 16.4. The number of carbonyl (C=O) groups is 1. The third kappa shape index (κ3) is 3.85. The molecule has 2 rings (SSSR count). The molecule has 1 heterocycles. The van der Waals surface area contributed by atoms with Crippen LogP contribution in [0.25, 0.3) is 0 Å². The minimum atomic E-state index is -3.97. The Morgan fingerprint density at radius 3 is 2.45 bits per heavy atom. The Kier molecular flexibility index (Phi) is 4.89. The molecule has 0 unspecified atom stereocenters. The third-order valence-corrected chi connectivity index (χ3v) is 5.06. The van der Waals surface area contributed by atoms with Crippen molar-refractivity contribution in [3.63, 3.8) is 0 Å². The zero-order valence-corrected chi connectivity index (χ0v) is 13.7. The van der Waals surface area contributed by atoms with Gasteiger partial charge in [-0.1, -0.05) is 12.1 Å². The number of ether oxygens (including phenoxy) is 1. The molecular formula is C15H22N2O4S. The van der Waals surface area contributed by atoms with Crippen LogP contribution in [0.1, 0.15) is 37.0 Å². The second-order valence-electron chi connectivity index (χ2n) is 6.06. The number of carbonyl (C=O) groups excluding carboxylic acids is 1. The molecule has 0 atom stereocenters. The Morgan fingerprint density at radius 1 is 1.27 bits per heavy atom. The van der Waals surface area contributed by atoms with Crippen molar-refractivity contribution in [1.29, 1.82) is 0 Å². The number of hydrogen-bond donors (Lipinski definition) is 2. The molecule has 0 amide bonds. The van der Waals surface area contributed by atoms with Crippen molar-refractivity contribution in [3.8, 4) is 0 Å². The van der Waals surface area contributed by atoms with Gasteiger partial charge in [0.1, 0.15) is 5.60 Å². The summed E-state index contributed by atoms with van der Waals surface area (Å²) in [5.41, 5.74) is -0.683. The summed E-state index contributed by atoms with van der Waals surface area (Å²) in [6.45, 7) is 5.50. The Balaban J connectivity index is 2.22. The van der Waals surface area contributed by atoms with Gasteiger partial charge >= 0.3 is 5.97 Å². The van der Waals surface area contributed by atoms with E-state index in [0.29, 0.717) is 0 Å². The molecule has 0 spiro atoms. The maximum atomic E-state index is 12.4. The Morgan fingerprint density at radius 2 is 1.86 bits per heavy atom. The lowest BCUT2D eigenvalue weighted by Crippen LogP contribution is -2.43. The van der Waals surface area contributed by atoms with Crippen LogP contribution in [0, 0.1) is 5.92 Å². The molecule has 122 valence electrons. The highest BCUT2D eigenvalue weighted by atomic mass is 32.2. The fraction of sp³-hybridized carbons (Fsp3) is 0.533. The third-order valence-electron chi connectivity index (χ3n) is 4.09. The maximum absolute atomic E-state index is 12.4. The van der Waals surface area contributed by atoms with E-state index in [1.165, 1.54) is 18.2 Å². The van der Waals surface area contributed by atoms with Crippen molar-refractivity contribution >= 4 is 16.0 Å². The molecule has 1 aromatic carbocycles. The molecule has 0 aromatic heterocycles. The van der Waals surface area contributed by atoms with Crippen molar-refractivity contribution in [2.45, 2.75) is 37.2 Å². The largest absolute Gasteiger partial charge is 0.456 e. The molecule has 0 radical (unpaired) electrons. The van der Waals surface area contributed by atoms with Crippen LogP contribution in [-0.2, 0) is 14.8 Å². The van der Waals surface area contributed by atoms with Gasteiger partial charge in [-0.25, -0.2) is 18.4 Å². The standard InChI is InChI=1S/C15H22N2O4S/c1-15(2,11-7-9-17-10-8-11)21-14(18)12-5-3-4-6-13(12)22(16,19)20/h3-6,11,17H,7-10H2,1-2H3,(H2,16,19,20). The quantitative estimate of drug-likeness (QED) is 0.812. The summed E-state index contributed by atoms with van der Waals surface area (Å²) < 4.78 is 28.8. The van der Waals surface area contributed by atoms with Gasteiger partial charge in [-0.05, 0) is 51.9 Å². The first-order chi connectivity index (χ1) is 10.2. The van der Waals surface area contributed by atoms with E-state index in [-0.39, 0.29) is 16.4 Å². The fourth-order valence-electron chi connectivity index (χ4n) is 2.78. The Bertz CT molecular complexity index is 649. The van der Waals surface area contributed by atoms with Gasteiger partial charge in [0.25, 0.3) is 0 Å². The molecule has 22 heavy (non-hydrogen) atoms. The van der Waals surface area contributed by atoms with Crippen molar-refractivity contribution in [3.05, 3.63) is 29.8 Å². The van der Waals surface area contributed by atoms with Gasteiger partial charge in [0.15, 0.2) is 0 Å². The predicted molar refractivity (Wildman–Crippen MR) is 82.9 cm³/mol. The van der Waals surface area contributed by atoms with E-state index >= 15 is 0 Å². The first kappa shape index (κ1) is 16.9. The summed E-state index contributed by atoms with van der Waals surface area (Å²) in [4.78, 5) is 12.2. The second-order valence-corrected chi connectivity index (χ2v) is 7.59. The number of esters is 1. The highest BCUT2D eigenvalue weighted by Gasteiger charge is 2.35. The van der Waals surface area contributed by atoms with E-state index in [1.54, 1.807) is 6.07 Å². The minimum absolute atomic E-state index is 0.0213. The molecule has 0 bridgehead atoms. The fourth-order valence-corrected chi connectivity index (χ4v) is 3.50. The number of hydrogen-bond acceptors (Lipinski definition) is 5. The van der Waals surface area contributed by atoms with Gasteiger partial charge in [0.05, 0.1) is 10.5 Å². The summed E-state index contributed by atoms with van der Waals surface area (Å²) in [6, 6.07) is 5.83. The molecule has 1 aromatic rings. The summed E-state index contributed by atoms with van der Waals surface area (Å²) in [7, 11) is -3.97. The van der Waals surface area contributed by atoms with Crippen LogP contribution in [0.5, 0.6) is 0 Å². The van der Waals surface area contributed by atoms with E-state index < -0.39 is 21.6 Å². The van der Waals surface area contributed by atoms with E-state index in [2.05, 4.69) is 5.32 Å². The molecule has 0 saturated carbocycles. The van der Waals surface area contributed by atoms with Crippen molar-refractivity contribution in [2.24, 2.45) is 11.1 Å². The van der Waals surface area contributed by atoms with Gasteiger partial charge in [0.2, 0.25) is 10.0 Å². The molecule has 6 nitrogen and oxygen atoms in total. The lowest BCUT2D eigenvalue weighted by atomic mass is 9.83. The van der Waals surface area contributed by atoms with Crippen LogP contribution in [-0.4, -0.2) is 33.1 Å². The molecule has 1 aliphatic rings. The van der Waals surface area contributed by atoms with Gasteiger partial charge in [-0.3, -0.25) is 0 Å². The molecule has 1 fully saturated rings. The van der Waals surface area contributed by atoms with Gasteiger partial charge in [-0.2, -0.15) is 0 Å². The van der Waals surface area contributed by atoms with E-state index in [4.69, 9.17) is 9.88 Å². The zero-order valence-electron chi connectivity index (χ0n) is 12.8. The number of piperidine rings is 1. The normalized spacial score (nSPS) is 17.2. The summed E-state index contributed by atoms with van der Waals surface area (Å²) in [6.07, 6.45) is 1.83. The first-order valence-electron chi connectivity index (χ1n) is 7.28. The van der Waals surface area contributed by atoms with Crippen LogP contribution in [0.2, 0.25) is 0 Å². The average molecular weight is 326 g/mol. The molecule has 1 aliphatic heterocycles. The smallest absolute Gasteiger partial charge is 0.340 e. The van der Waals surface area contributed by atoms with Crippen LogP contribution in [0.3, 0.4) is 0 Å². The number of nitrogens with one attached hydrogen (secondary N) is 1. The van der Waals surface area contributed by atoms with Crippen molar-refractivity contribution < 1.29 is 17.9 Å². The molecule has 7 heteroatoms. The molecule has 1 saturated heterocycles. The number of benzene rings is 1. The van der Waals surface area contributed by atoms with Crippen molar-refractivity contribution in [1.82, 2.24) is 5.32 Å². The van der Waals surface area contributed by atoms with Crippen LogP contribution >= 0.6 is 0 Å². The number of rotatable bonds is 4. The van der Waals surface area contributed by atoms with Gasteiger partial charge < -0.3 is 10.1 Å². The summed E-state index contributed by atoms with van der Waals surface area (Å²) in [5.74, 6) is -0.424. The highest BCUT2D eigenvalue weighted by Crippen LogP contribution is 2.30. The van der Waals surface area contributed by atoms with E-state index in [1.807, 2.05) is 13.8 Å². The Labute approximate surface area is 131 Å². The average Bonchev–Trinajstić information content (AvgIpc) is 2.47. The van der Waals surface area contributed by atoms with Crippen molar-refractivity contribution in [2.75, 3.05) is 13.1 Å². The molecule has 3 N–H and O–H groups in total. The number of nitrogens with two attached hydrogens (primary N) is 1. The SMILES string of the molecule is CC(C)(OC(=O)c1ccccc1S(N)(=O)=O)C1CCNCC1. The summed E-state index contributed by atoms with van der Waals surface area (Å²) in [5, 5.41) is 8.42. The molecular weight excluding hydrogens is 304 g/mol. The minimum Gasteiger partial charge on any atom is -0.456 e. The first-order valence-corrected chi connectivity index (χ1v) is 8.82. The number of primary sulfonamides is 1. The van der Waals surface area contributed by atoms with Crippen LogP contribution in [0.4, 0.5) is 0 Å². The van der Waals surface area contributed by atoms with E-state index in [9.17, 15) is 13.2 Å². The maximum Gasteiger partial charge on any atom is 0.340 e. The topological polar surface area (TPSA) is 98.5 Å². The lowest BCUT2D eigenvalue weighted by molar-refractivity contribution is -0.0371. The Hall–Kier alpha value is -1.44. The summed E-state index contributed by atoms with van der Waals surface area (Å²) >= 11 is 0. The molecule has 0 aliphatic carbocycles. The van der Waals surface area contributed by atoms with Gasteiger partial charge in [-0.15, -0.1) is 0 Å². The second kappa shape index (κ2) is 6.36. The van der Waals surface area contributed by atoms with Crippen LogP contribution in [0.15, 0.2) is 29.2 Å². The number of sulfonamides is 1. The lowest BCUT2D eigenvalue weighted by Gasteiger charge is -2.36. The van der Waals surface area contributed by atoms with Crippen LogP contribution < -0.4 is 10.5 Å². The predicted octanol–water partition coefficient (Wildman–Crippen LogP) is 1.27. The van der Waals surface area contributed by atoms with E-state index in [0.717, 1.165) is 25.9 Å².